The summed E-state index contributed by atoms with van der Waals surface area (Å²) < 4.78 is 0. The molecule has 0 aliphatic carbocycles. The van der Waals surface area contributed by atoms with Gasteiger partial charge in [0.05, 0.1) is 0 Å². The van der Waals surface area contributed by atoms with E-state index < -0.39 is 0 Å². The van der Waals surface area contributed by atoms with Crippen LogP contribution in [0.3, 0.4) is 0 Å². The van der Waals surface area contributed by atoms with Gasteiger partial charge in [0.2, 0.25) is 0 Å². The van der Waals surface area contributed by atoms with Crippen molar-refractivity contribution in [3.8, 4) is 12.1 Å². The Morgan fingerprint density at radius 1 is 1.10 bits per heavy atom. The minimum absolute atomic E-state index is 1.24. The maximum Gasteiger partial charge on any atom is 0.181 e. The number of rotatable bonds is 0. The molecule has 0 fully saturated rings. The Morgan fingerprint density at radius 2 is 1.20 bits per heavy atom. The van der Waals surface area contributed by atoms with E-state index in [2.05, 4.69) is 0 Å². The van der Waals surface area contributed by atoms with Gasteiger partial charge in [0.25, 0.3) is 0 Å². The molecule has 0 radical (unpaired) electrons. The van der Waals surface area contributed by atoms with Crippen molar-refractivity contribution in [2.24, 2.45) is 0 Å². The first-order valence-electron chi connectivity index (χ1n) is 1.52. The molecule has 0 aliphatic rings. The van der Waals surface area contributed by atoms with Crippen LogP contribution in [0.25, 0.3) is 26.4 Å². The van der Waals surface area contributed by atoms with E-state index in [9.17, 15) is 0 Å². The fraction of sp³-hybridized carbons (Fsp3) is 0. The summed E-state index contributed by atoms with van der Waals surface area (Å²) in [6, 6.07) is 2.47. The Hall–Kier alpha value is -2.40. The number of hydrogen-bond donors (Lipinski definition) is 1. The van der Waals surface area contributed by atoms with Gasteiger partial charge in [0.15, 0.2) is 12.1 Å². The second-order valence-electron chi connectivity index (χ2n) is 0.413. The lowest BCUT2D eigenvalue weighted by molar-refractivity contribution is 1.45. The van der Waals surface area contributed by atoms with Gasteiger partial charge >= 0.3 is 0 Å². The van der Waals surface area contributed by atoms with Crippen LogP contribution in [0.4, 0.5) is 0 Å². The van der Waals surface area contributed by atoms with Crippen LogP contribution in [-0.4, -0.2) is 0 Å². The van der Waals surface area contributed by atoms with Gasteiger partial charge in [-0.1, -0.05) is 0 Å². The average Bonchev–Trinajstić information content (AvgIpc) is 1.91. The van der Waals surface area contributed by atoms with E-state index in [0.29, 0.717) is 0 Å². The molecule has 0 saturated heterocycles. The van der Waals surface area contributed by atoms with E-state index >= 15 is 0 Å². The van der Waals surface area contributed by atoms with Gasteiger partial charge in [-0.05, 0) is 10.4 Å². The second kappa shape index (κ2) is 80.8. The molecule has 0 bridgehead atoms. The number of nitrogens with zero attached hydrogens (tertiary/aromatic N) is 7. The summed E-state index contributed by atoms with van der Waals surface area (Å²) in [7, 11) is 0. The molecule has 0 heterocycles. The first kappa shape index (κ1) is 15.6. The number of hydrogen-bond acceptors (Lipinski definition) is 3. The Kier molecular flexibility index (Phi) is 126. The SMILES string of the molecule is N#CC#N.[N-]=[N+]=N.[N-]=[N+]=[N-]. The van der Waals surface area contributed by atoms with Crippen molar-refractivity contribution in [3.05, 3.63) is 26.4 Å². The molecule has 8 nitrogen and oxygen atoms in total. The third-order valence-corrected chi connectivity index (χ3v) is 0.0500. The summed E-state index contributed by atoms with van der Waals surface area (Å²) in [6.45, 7) is 0. The van der Waals surface area contributed by atoms with E-state index in [1.807, 2.05) is 0 Å². The zero-order chi connectivity index (χ0) is 8.83. The predicted octanol–water partition coefficient (Wildman–Crippen LogP) is 1.78. The smallest absolute Gasteiger partial charge is 0.181 e. The molecule has 0 rings (SSSR count). The molecule has 0 unspecified atom stereocenters. The van der Waals surface area contributed by atoms with Crippen molar-refractivity contribution >= 4 is 0 Å². The molecule has 0 aliphatic heterocycles. The minimum Gasteiger partial charge on any atom is -0.373 e. The van der Waals surface area contributed by atoms with Crippen LogP contribution < -0.4 is 0 Å². The fourth-order valence-electron chi connectivity index (χ4n) is 0. The van der Waals surface area contributed by atoms with Crippen molar-refractivity contribution in [2.75, 3.05) is 0 Å². The Balaban J connectivity index is -0.0000000750. The van der Waals surface area contributed by atoms with E-state index in [1.165, 1.54) is 17.1 Å². The molecule has 0 amide bonds. The second-order valence-corrected chi connectivity index (χ2v) is 0.413. The zero-order valence-electron chi connectivity index (χ0n) is 4.63. The molecule has 50 valence electrons. The highest BCUT2D eigenvalue weighted by Gasteiger charge is 1.39. The maximum absolute atomic E-state index is 7.26. The average molecular weight is 137 g/mol. The van der Waals surface area contributed by atoms with Gasteiger partial charge in [-0.2, -0.15) is 10.5 Å². The zero-order valence-corrected chi connectivity index (χ0v) is 4.63. The molecule has 0 atom stereocenters. The largest absolute Gasteiger partial charge is 0.373 e. The predicted molar refractivity (Wildman–Crippen MR) is 30.7 cm³/mol. The summed E-state index contributed by atoms with van der Waals surface area (Å²) >= 11 is 0. The maximum atomic E-state index is 7.26. The van der Waals surface area contributed by atoms with Crippen molar-refractivity contribution in [3.63, 3.8) is 0 Å². The highest BCUT2D eigenvalue weighted by molar-refractivity contribution is 4.99. The summed E-state index contributed by atoms with van der Waals surface area (Å²) in [6.07, 6.45) is 0. The molecule has 0 saturated carbocycles. The molecule has 0 aromatic heterocycles. The summed E-state index contributed by atoms with van der Waals surface area (Å²) in [4.78, 5) is 3.25. The van der Waals surface area contributed by atoms with Gasteiger partial charge in [-0.15, -0.1) is 5.53 Å². The lowest BCUT2D eigenvalue weighted by atomic mass is 10.9. The molecule has 0 spiro atoms. The summed E-state index contributed by atoms with van der Waals surface area (Å²) in [5.41, 5.74) is 25.8. The van der Waals surface area contributed by atoms with Crippen LogP contribution in [0.1, 0.15) is 0 Å². The first-order chi connectivity index (χ1) is 4.74. The minimum atomic E-state index is 1.24. The van der Waals surface area contributed by atoms with Gasteiger partial charge in [0, 0.05) is 0 Å². The van der Waals surface area contributed by atoms with Crippen LogP contribution in [0.15, 0.2) is 0 Å². The van der Waals surface area contributed by atoms with Crippen LogP contribution in [-0.2, 0) is 0 Å². The number of nitrogens with one attached hydrogen (secondary N) is 1. The topological polar surface area (TPSA) is 167 Å². The Labute approximate surface area is 55.7 Å². The van der Waals surface area contributed by atoms with Crippen LogP contribution in [0.5, 0.6) is 0 Å². The van der Waals surface area contributed by atoms with Crippen molar-refractivity contribution in [1.29, 1.82) is 16.1 Å². The third kappa shape index (κ3) is 60.5. The van der Waals surface area contributed by atoms with Crippen LogP contribution >= 0.6 is 0 Å². The quantitative estimate of drug-likeness (QED) is 0.305. The highest BCUT2D eigenvalue weighted by atomic mass is 15.0. The number of nitriles is 2. The molecular formula is C2HN8-. The van der Waals surface area contributed by atoms with E-state index in [4.69, 9.17) is 32.6 Å². The van der Waals surface area contributed by atoms with Gasteiger partial charge in [-0.25, -0.2) is 0 Å². The fourth-order valence-corrected chi connectivity index (χ4v) is 0. The standard InChI is InChI=1S/C2N2.HN3.N3/c3-1-2-4;2*1-3-2/h;1H;/q;;-1. The Bertz CT molecular complexity index is 164. The van der Waals surface area contributed by atoms with Crippen LogP contribution in [0.2, 0.25) is 0 Å². The summed E-state index contributed by atoms with van der Waals surface area (Å²) in [5.74, 6) is 0. The molecule has 10 heavy (non-hydrogen) atoms. The lowest BCUT2D eigenvalue weighted by Gasteiger charge is -1.31. The third-order valence-electron chi connectivity index (χ3n) is 0.0500. The molecular weight excluding hydrogens is 136 g/mol. The van der Waals surface area contributed by atoms with E-state index in [1.54, 1.807) is 4.91 Å². The van der Waals surface area contributed by atoms with E-state index in [0.717, 1.165) is 0 Å². The summed E-state index contributed by atoms with van der Waals surface area (Å²) in [5, 5.41) is 14.5. The Morgan fingerprint density at radius 3 is 1.20 bits per heavy atom. The van der Waals surface area contributed by atoms with E-state index in [-0.39, 0.29) is 0 Å². The van der Waals surface area contributed by atoms with Gasteiger partial charge in [-0.3, -0.25) is 4.91 Å². The molecule has 0 aromatic carbocycles. The van der Waals surface area contributed by atoms with Gasteiger partial charge in [0.1, 0.15) is 0 Å². The van der Waals surface area contributed by atoms with Gasteiger partial charge < -0.3 is 11.1 Å². The highest BCUT2D eigenvalue weighted by Crippen LogP contribution is 1.29. The first-order valence-corrected chi connectivity index (χ1v) is 1.52. The van der Waals surface area contributed by atoms with Crippen molar-refractivity contribution in [2.45, 2.75) is 0 Å². The lowest BCUT2D eigenvalue weighted by Crippen LogP contribution is -1.26. The monoisotopic (exact) mass is 137 g/mol. The van der Waals surface area contributed by atoms with Crippen LogP contribution in [0, 0.1) is 28.2 Å². The molecule has 1 N–H and O–H groups in total. The normalized spacial score (nSPS) is 2.60. The van der Waals surface area contributed by atoms with Crippen molar-refractivity contribution < 1.29 is 0 Å². The molecule has 0 aromatic rings. The molecule has 8 heteroatoms. The van der Waals surface area contributed by atoms with Crippen molar-refractivity contribution in [1.82, 2.24) is 0 Å².